The minimum atomic E-state index is -2.84. The molecule has 18 heavy (non-hydrogen) atoms. The maximum atomic E-state index is 11.5. The number of aromatic hydroxyl groups is 1. The standard InChI is InChI=1S/C13H19NO3S/c1-10(11-3-5-13(15)6-4-11)14(2)12-7-8-18(16,17)9-12/h3-6,10,12,15H,7-9H2,1-2H3. The van der Waals surface area contributed by atoms with E-state index in [0.29, 0.717) is 12.2 Å². The average Bonchev–Trinajstić information content (AvgIpc) is 2.69. The summed E-state index contributed by atoms with van der Waals surface area (Å²) in [6.07, 6.45) is 0.710. The highest BCUT2D eigenvalue weighted by molar-refractivity contribution is 7.91. The zero-order chi connectivity index (χ0) is 13.3. The zero-order valence-corrected chi connectivity index (χ0v) is 11.5. The summed E-state index contributed by atoms with van der Waals surface area (Å²) in [4.78, 5) is 2.11. The Morgan fingerprint density at radius 2 is 1.94 bits per heavy atom. The molecule has 4 nitrogen and oxygen atoms in total. The van der Waals surface area contributed by atoms with Crippen LogP contribution in [0.4, 0.5) is 0 Å². The van der Waals surface area contributed by atoms with Gasteiger partial charge in [0.1, 0.15) is 5.75 Å². The fourth-order valence-electron chi connectivity index (χ4n) is 2.40. The maximum absolute atomic E-state index is 11.5. The van der Waals surface area contributed by atoms with Crippen LogP contribution in [0.15, 0.2) is 24.3 Å². The lowest BCUT2D eigenvalue weighted by Gasteiger charge is -2.30. The third-order valence-corrected chi connectivity index (χ3v) is 5.52. The van der Waals surface area contributed by atoms with Crippen molar-refractivity contribution in [2.75, 3.05) is 18.6 Å². The van der Waals surface area contributed by atoms with Crippen molar-refractivity contribution < 1.29 is 13.5 Å². The van der Waals surface area contributed by atoms with Crippen LogP contribution in [0.3, 0.4) is 0 Å². The van der Waals surface area contributed by atoms with Crippen molar-refractivity contribution in [3.05, 3.63) is 29.8 Å². The molecule has 0 saturated carbocycles. The smallest absolute Gasteiger partial charge is 0.151 e. The number of hydrogen-bond acceptors (Lipinski definition) is 4. The Morgan fingerprint density at radius 1 is 1.33 bits per heavy atom. The van der Waals surface area contributed by atoms with Gasteiger partial charge in [0.05, 0.1) is 11.5 Å². The fraction of sp³-hybridized carbons (Fsp3) is 0.538. The topological polar surface area (TPSA) is 57.6 Å². The predicted octanol–water partition coefficient (Wildman–Crippen LogP) is 1.57. The first kappa shape index (κ1) is 13.4. The summed E-state index contributed by atoms with van der Waals surface area (Å²) in [7, 11) is -0.883. The lowest BCUT2D eigenvalue weighted by molar-refractivity contribution is 0.201. The van der Waals surface area contributed by atoms with Gasteiger partial charge in [-0.1, -0.05) is 12.1 Å². The molecule has 2 unspecified atom stereocenters. The van der Waals surface area contributed by atoms with Crippen molar-refractivity contribution in [3.8, 4) is 5.75 Å². The predicted molar refractivity (Wildman–Crippen MR) is 71.3 cm³/mol. The number of phenols is 1. The van der Waals surface area contributed by atoms with Crippen molar-refractivity contribution in [3.63, 3.8) is 0 Å². The minimum Gasteiger partial charge on any atom is -0.508 e. The van der Waals surface area contributed by atoms with Gasteiger partial charge in [0, 0.05) is 12.1 Å². The van der Waals surface area contributed by atoms with E-state index in [2.05, 4.69) is 11.8 Å². The van der Waals surface area contributed by atoms with Gasteiger partial charge in [0.15, 0.2) is 9.84 Å². The van der Waals surface area contributed by atoms with E-state index in [-0.39, 0.29) is 23.6 Å². The monoisotopic (exact) mass is 269 g/mol. The quantitative estimate of drug-likeness (QED) is 0.905. The second kappa shape index (κ2) is 4.90. The van der Waals surface area contributed by atoms with Crippen LogP contribution in [0.5, 0.6) is 5.75 Å². The summed E-state index contributed by atoms with van der Waals surface area (Å²) in [5.74, 6) is 0.799. The molecule has 1 aromatic carbocycles. The number of phenolic OH excluding ortho intramolecular Hbond substituents is 1. The van der Waals surface area contributed by atoms with Crippen molar-refractivity contribution in [2.24, 2.45) is 0 Å². The van der Waals surface area contributed by atoms with E-state index >= 15 is 0 Å². The minimum absolute atomic E-state index is 0.0961. The summed E-state index contributed by atoms with van der Waals surface area (Å²) in [5.41, 5.74) is 1.08. The second-order valence-electron chi connectivity index (χ2n) is 4.99. The lowest BCUT2D eigenvalue weighted by Crippen LogP contribution is -2.34. The van der Waals surface area contributed by atoms with E-state index in [9.17, 15) is 13.5 Å². The summed E-state index contributed by atoms with van der Waals surface area (Å²) >= 11 is 0. The molecule has 5 heteroatoms. The van der Waals surface area contributed by atoms with Crippen LogP contribution in [0.1, 0.15) is 24.9 Å². The molecule has 0 aromatic heterocycles. The lowest BCUT2D eigenvalue weighted by atomic mass is 10.1. The van der Waals surface area contributed by atoms with Crippen LogP contribution in [0.2, 0.25) is 0 Å². The first-order chi connectivity index (χ1) is 8.39. The number of benzene rings is 1. The molecule has 1 fully saturated rings. The molecule has 0 bridgehead atoms. The molecular weight excluding hydrogens is 250 g/mol. The molecule has 1 aliphatic heterocycles. The Kier molecular flexibility index (Phi) is 3.64. The van der Waals surface area contributed by atoms with Crippen molar-refractivity contribution in [1.82, 2.24) is 4.90 Å². The van der Waals surface area contributed by atoms with Crippen LogP contribution in [0, 0.1) is 0 Å². The third-order valence-electron chi connectivity index (χ3n) is 3.77. The van der Waals surface area contributed by atoms with Crippen molar-refractivity contribution in [1.29, 1.82) is 0 Å². The van der Waals surface area contributed by atoms with Gasteiger partial charge in [0.2, 0.25) is 0 Å². The Morgan fingerprint density at radius 3 is 2.44 bits per heavy atom. The van der Waals surface area contributed by atoms with Crippen LogP contribution in [-0.4, -0.2) is 43.0 Å². The Labute approximate surface area is 108 Å². The maximum Gasteiger partial charge on any atom is 0.151 e. The largest absolute Gasteiger partial charge is 0.508 e. The van der Waals surface area contributed by atoms with E-state index in [1.165, 1.54) is 0 Å². The summed E-state index contributed by atoms with van der Waals surface area (Å²) < 4.78 is 23.0. The summed E-state index contributed by atoms with van der Waals surface area (Å²) in [6, 6.07) is 7.30. The number of hydrogen-bond donors (Lipinski definition) is 1. The fourth-order valence-corrected chi connectivity index (χ4v) is 4.19. The highest BCUT2D eigenvalue weighted by Crippen LogP contribution is 2.26. The SMILES string of the molecule is CC(c1ccc(O)cc1)N(C)C1CCS(=O)(=O)C1. The van der Waals surface area contributed by atoms with Crippen LogP contribution in [0.25, 0.3) is 0 Å². The van der Waals surface area contributed by atoms with Crippen molar-refractivity contribution >= 4 is 9.84 Å². The third kappa shape index (κ3) is 2.84. The van der Waals surface area contributed by atoms with Gasteiger partial charge in [0.25, 0.3) is 0 Å². The van der Waals surface area contributed by atoms with Crippen LogP contribution < -0.4 is 0 Å². The van der Waals surface area contributed by atoms with Gasteiger partial charge < -0.3 is 5.11 Å². The summed E-state index contributed by atoms with van der Waals surface area (Å²) in [6.45, 7) is 2.05. The van der Waals surface area contributed by atoms with Gasteiger partial charge in [-0.25, -0.2) is 8.42 Å². The number of nitrogens with zero attached hydrogens (tertiary/aromatic N) is 1. The van der Waals surface area contributed by atoms with Gasteiger partial charge in [-0.3, -0.25) is 4.90 Å². The molecule has 1 aromatic rings. The molecule has 1 aliphatic rings. The van der Waals surface area contributed by atoms with Crippen LogP contribution >= 0.6 is 0 Å². The molecule has 0 spiro atoms. The molecule has 1 saturated heterocycles. The normalized spacial score (nSPS) is 24.3. The van der Waals surface area contributed by atoms with E-state index < -0.39 is 9.84 Å². The van der Waals surface area contributed by atoms with E-state index in [1.807, 2.05) is 19.2 Å². The van der Waals surface area contributed by atoms with E-state index in [1.54, 1.807) is 12.1 Å². The molecule has 100 valence electrons. The molecule has 2 rings (SSSR count). The van der Waals surface area contributed by atoms with Gasteiger partial charge >= 0.3 is 0 Å². The highest BCUT2D eigenvalue weighted by Gasteiger charge is 2.32. The van der Waals surface area contributed by atoms with Crippen molar-refractivity contribution in [2.45, 2.75) is 25.4 Å². The molecule has 2 atom stereocenters. The highest BCUT2D eigenvalue weighted by atomic mass is 32.2. The number of sulfone groups is 1. The molecule has 1 heterocycles. The van der Waals surface area contributed by atoms with Crippen LogP contribution in [-0.2, 0) is 9.84 Å². The summed E-state index contributed by atoms with van der Waals surface area (Å²) in [5, 5.41) is 9.26. The average molecular weight is 269 g/mol. The zero-order valence-electron chi connectivity index (χ0n) is 10.7. The van der Waals surface area contributed by atoms with Gasteiger partial charge in [-0.2, -0.15) is 0 Å². The Bertz CT molecular complexity index is 510. The second-order valence-corrected chi connectivity index (χ2v) is 7.22. The Hall–Kier alpha value is -1.07. The molecule has 1 N–H and O–H groups in total. The Balaban J connectivity index is 2.09. The number of rotatable bonds is 3. The van der Waals surface area contributed by atoms with E-state index in [0.717, 1.165) is 5.56 Å². The molecule has 0 radical (unpaired) electrons. The molecule has 0 amide bonds. The van der Waals surface area contributed by atoms with Gasteiger partial charge in [-0.05, 0) is 38.1 Å². The first-order valence-corrected chi connectivity index (χ1v) is 7.92. The molecular formula is C13H19NO3S. The first-order valence-electron chi connectivity index (χ1n) is 6.10. The van der Waals surface area contributed by atoms with E-state index in [4.69, 9.17) is 0 Å². The molecule has 0 aliphatic carbocycles. The van der Waals surface area contributed by atoms with Gasteiger partial charge in [-0.15, -0.1) is 0 Å².